The molecule has 1 amide bonds. The second-order valence-electron chi connectivity index (χ2n) is 9.96. The highest BCUT2D eigenvalue weighted by Crippen LogP contribution is 2.43. The number of aliphatic hydroxyl groups excluding tert-OH is 1. The van der Waals surface area contributed by atoms with Crippen molar-refractivity contribution in [2.24, 2.45) is 16.5 Å². The van der Waals surface area contributed by atoms with E-state index in [1.807, 2.05) is 20.8 Å². The van der Waals surface area contributed by atoms with E-state index in [0.717, 1.165) is 29.7 Å². The third kappa shape index (κ3) is 6.78. The number of carbonyl (C=O) groups excluding carboxylic acids is 1. The van der Waals surface area contributed by atoms with Crippen LogP contribution >= 0.6 is 12.4 Å². The monoisotopic (exact) mass is 531 g/mol. The first kappa shape index (κ1) is 29.2. The predicted molar refractivity (Wildman–Crippen MR) is 138 cm³/mol. The highest BCUT2D eigenvalue weighted by atomic mass is 35.5. The number of carbonyl (C=O) groups is 1. The summed E-state index contributed by atoms with van der Waals surface area (Å²) < 4.78 is 34.8. The molecule has 7 N–H and O–H groups in total. The fraction of sp³-hybridized carbons (Fsp3) is 0.652. The van der Waals surface area contributed by atoms with Gasteiger partial charge in [0.2, 0.25) is 5.96 Å². The van der Waals surface area contributed by atoms with Crippen LogP contribution in [0.3, 0.4) is 0 Å². The van der Waals surface area contributed by atoms with Crippen LogP contribution < -0.4 is 26.2 Å². The van der Waals surface area contributed by atoms with Crippen molar-refractivity contribution < 1.29 is 23.1 Å². The first-order valence-corrected chi connectivity index (χ1v) is 13.1. The Balaban J connectivity index is 0.00000432. The molecule has 1 saturated carbocycles. The van der Waals surface area contributed by atoms with E-state index in [0.29, 0.717) is 30.4 Å². The van der Waals surface area contributed by atoms with Gasteiger partial charge in [0, 0.05) is 30.6 Å². The van der Waals surface area contributed by atoms with E-state index in [2.05, 4.69) is 15.0 Å². The van der Waals surface area contributed by atoms with Crippen LogP contribution in [0.25, 0.3) is 0 Å². The van der Waals surface area contributed by atoms with Crippen LogP contribution in [0.2, 0.25) is 0 Å². The van der Waals surface area contributed by atoms with Crippen molar-refractivity contribution in [3.63, 3.8) is 0 Å². The van der Waals surface area contributed by atoms with E-state index >= 15 is 0 Å². The summed E-state index contributed by atoms with van der Waals surface area (Å²) in [6.07, 6.45) is 1.94. The van der Waals surface area contributed by atoms with Crippen molar-refractivity contribution in [2.75, 3.05) is 6.54 Å². The standard InChI is InChI=1S/C23H37N5O5S.ClH/c1-12-13(2)20(14(3)16-11-23(4,5)33-19(12)16)34(31,32)28-22(25)26-10-6-7-17(24)18(29)21(30)27-15-8-9-15;/h15,17-18,29H,6-11,24H2,1-5H3,(H,27,30)(H3,25,26,28);1H/t17-,18?;/m0./s1. The molecule has 10 nitrogen and oxygen atoms in total. The molecule has 3 rings (SSSR count). The molecule has 1 unspecified atom stereocenters. The average Bonchev–Trinajstić information content (AvgIpc) is 3.48. The molecule has 1 fully saturated rings. The number of hydrogen-bond donors (Lipinski definition) is 5. The Morgan fingerprint density at radius 1 is 1.23 bits per heavy atom. The van der Waals surface area contributed by atoms with Gasteiger partial charge in [-0.15, -0.1) is 12.4 Å². The lowest BCUT2D eigenvalue weighted by molar-refractivity contribution is -0.130. The first-order valence-electron chi connectivity index (χ1n) is 11.6. The van der Waals surface area contributed by atoms with E-state index in [1.54, 1.807) is 13.8 Å². The number of benzene rings is 1. The zero-order chi connectivity index (χ0) is 25.4. The summed E-state index contributed by atoms with van der Waals surface area (Å²) in [6, 6.07) is -0.592. The molecule has 2 aliphatic rings. The number of rotatable bonds is 9. The number of nitrogens with two attached hydrogens (primary N) is 2. The second kappa shape index (κ2) is 10.9. The van der Waals surface area contributed by atoms with Gasteiger partial charge in [-0.05, 0) is 77.0 Å². The summed E-state index contributed by atoms with van der Waals surface area (Å²) in [5.41, 5.74) is 14.3. The summed E-state index contributed by atoms with van der Waals surface area (Å²) >= 11 is 0. The highest BCUT2D eigenvalue weighted by molar-refractivity contribution is 7.90. The molecule has 35 heavy (non-hydrogen) atoms. The van der Waals surface area contributed by atoms with Crippen molar-refractivity contribution in [2.45, 2.75) is 95.4 Å². The second-order valence-corrected chi connectivity index (χ2v) is 11.6. The van der Waals surface area contributed by atoms with Gasteiger partial charge in [0.15, 0.2) is 0 Å². The minimum atomic E-state index is -3.96. The first-order chi connectivity index (χ1) is 15.7. The van der Waals surface area contributed by atoms with E-state index in [4.69, 9.17) is 16.2 Å². The largest absolute Gasteiger partial charge is 0.487 e. The molecule has 0 spiro atoms. The summed E-state index contributed by atoms with van der Waals surface area (Å²) in [5.74, 6) is 0.0639. The third-order valence-corrected chi connectivity index (χ3v) is 8.00. The van der Waals surface area contributed by atoms with Crippen LogP contribution in [0.1, 0.15) is 61.8 Å². The number of halogens is 1. The Bertz CT molecular complexity index is 1100. The molecular weight excluding hydrogens is 494 g/mol. The van der Waals surface area contributed by atoms with Crippen LogP contribution in [0.5, 0.6) is 5.75 Å². The van der Waals surface area contributed by atoms with Gasteiger partial charge in [0.1, 0.15) is 17.5 Å². The number of guanidine groups is 1. The van der Waals surface area contributed by atoms with Gasteiger partial charge in [-0.1, -0.05) is 0 Å². The average molecular weight is 532 g/mol. The van der Waals surface area contributed by atoms with Crippen molar-refractivity contribution in [3.8, 4) is 5.75 Å². The minimum Gasteiger partial charge on any atom is -0.487 e. The minimum absolute atomic E-state index is 0. The number of nitrogens with one attached hydrogen (secondary N) is 2. The molecule has 12 heteroatoms. The molecule has 1 aliphatic heterocycles. The lowest BCUT2D eigenvalue weighted by Crippen LogP contribution is -2.47. The van der Waals surface area contributed by atoms with E-state index < -0.39 is 33.7 Å². The Labute approximate surface area is 213 Å². The van der Waals surface area contributed by atoms with Crippen molar-refractivity contribution in [3.05, 3.63) is 22.3 Å². The van der Waals surface area contributed by atoms with Gasteiger partial charge in [-0.3, -0.25) is 9.79 Å². The maximum absolute atomic E-state index is 13.2. The summed E-state index contributed by atoms with van der Waals surface area (Å²) in [4.78, 5) is 16.2. The van der Waals surface area contributed by atoms with Gasteiger partial charge < -0.3 is 26.6 Å². The molecule has 198 valence electrons. The van der Waals surface area contributed by atoms with Gasteiger partial charge in [-0.2, -0.15) is 0 Å². The number of amides is 1. The van der Waals surface area contributed by atoms with Crippen LogP contribution in [0.4, 0.5) is 0 Å². The smallest absolute Gasteiger partial charge is 0.264 e. The fourth-order valence-electron chi connectivity index (χ4n) is 4.26. The Hall–Kier alpha value is -2.08. The predicted octanol–water partition coefficient (Wildman–Crippen LogP) is 1.09. The van der Waals surface area contributed by atoms with Crippen molar-refractivity contribution in [1.29, 1.82) is 0 Å². The Morgan fingerprint density at radius 2 is 1.86 bits per heavy atom. The van der Waals surface area contributed by atoms with Crippen molar-refractivity contribution >= 4 is 34.3 Å². The topological polar surface area (TPSA) is 169 Å². The highest BCUT2D eigenvalue weighted by Gasteiger charge is 2.36. The molecule has 1 heterocycles. The van der Waals surface area contributed by atoms with Crippen LogP contribution in [-0.4, -0.2) is 55.7 Å². The Morgan fingerprint density at radius 3 is 2.46 bits per heavy atom. The summed E-state index contributed by atoms with van der Waals surface area (Å²) in [7, 11) is -3.96. The molecule has 0 bridgehead atoms. The maximum atomic E-state index is 13.2. The number of nitrogens with zero attached hydrogens (tertiary/aromatic N) is 1. The van der Waals surface area contributed by atoms with Crippen LogP contribution in [0, 0.1) is 20.8 Å². The SMILES string of the molecule is Cc1c(C)c(S(=O)(=O)NC(N)=NCCC[C@H](N)C(O)C(=O)NC2CC2)c(C)c2c1OC(C)(C)C2.Cl. The van der Waals surface area contributed by atoms with E-state index in [1.165, 1.54) is 0 Å². The van der Waals surface area contributed by atoms with Crippen LogP contribution in [-0.2, 0) is 21.2 Å². The molecule has 2 atom stereocenters. The molecular formula is C23H38ClN5O5S. The normalized spacial score (nSPS) is 18.7. The molecule has 1 aromatic rings. The van der Waals surface area contributed by atoms with Gasteiger partial charge in [0.25, 0.3) is 15.9 Å². The number of ether oxygens (including phenoxy) is 1. The van der Waals surface area contributed by atoms with Gasteiger partial charge in [0.05, 0.1) is 4.90 Å². The van der Waals surface area contributed by atoms with Crippen LogP contribution in [0.15, 0.2) is 9.89 Å². The number of sulfonamides is 1. The summed E-state index contributed by atoms with van der Waals surface area (Å²) in [6.45, 7) is 9.54. The molecule has 0 saturated heterocycles. The van der Waals surface area contributed by atoms with Crippen molar-refractivity contribution in [1.82, 2.24) is 10.0 Å². The summed E-state index contributed by atoms with van der Waals surface area (Å²) in [5, 5.41) is 12.7. The molecule has 1 aromatic carbocycles. The van der Waals surface area contributed by atoms with Gasteiger partial charge >= 0.3 is 0 Å². The third-order valence-electron chi connectivity index (χ3n) is 6.38. The maximum Gasteiger partial charge on any atom is 0.264 e. The zero-order valence-electron chi connectivity index (χ0n) is 21.0. The van der Waals surface area contributed by atoms with E-state index in [9.17, 15) is 18.3 Å². The number of fused-ring (bicyclic) bond motifs is 1. The molecule has 1 aliphatic carbocycles. The van der Waals surface area contributed by atoms with Gasteiger partial charge in [-0.25, -0.2) is 13.1 Å². The Kier molecular flexibility index (Phi) is 9.08. The lowest BCUT2D eigenvalue weighted by atomic mass is 9.94. The quantitative estimate of drug-likeness (QED) is 0.180. The molecule has 0 aromatic heterocycles. The number of aliphatic hydroxyl groups is 1. The number of aliphatic imine (C=N–C) groups is 1. The lowest BCUT2D eigenvalue weighted by Gasteiger charge is -2.19. The fourth-order valence-corrected chi connectivity index (χ4v) is 5.79. The van der Waals surface area contributed by atoms with E-state index in [-0.39, 0.29) is 35.8 Å². The number of hydrogen-bond acceptors (Lipinski definition) is 7. The molecule has 0 radical (unpaired) electrons. The zero-order valence-corrected chi connectivity index (χ0v) is 22.6.